The van der Waals surface area contributed by atoms with Crippen LogP contribution >= 0.6 is 23.5 Å². The highest BCUT2D eigenvalue weighted by Gasteiger charge is 2.18. The number of fused-ring (bicyclic) bond motifs is 2. The summed E-state index contributed by atoms with van der Waals surface area (Å²) in [5, 5.41) is 0. The molecule has 0 amide bonds. The molecule has 0 aliphatic carbocycles. The number of allylic oxidation sites excluding steroid dienone is 2. The van der Waals surface area contributed by atoms with Gasteiger partial charge in [0.15, 0.2) is 0 Å². The van der Waals surface area contributed by atoms with Crippen LogP contribution in [0.2, 0.25) is 0 Å². The van der Waals surface area contributed by atoms with E-state index in [4.69, 9.17) is 0 Å². The van der Waals surface area contributed by atoms with Crippen LogP contribution in [0.25, 0.3) is 11.1 Å². The summed E-state index contributed by atoms with van der Waals surface area (Å²) in [6, 6.07) is 26.5. The number of hydrogen-bond acceptors (Lipinski definition) is 3. The minimum Gasteiger partial charge on any atom is -0.323 e. The van der Waals surface area contributed by atoms with Crippen LogP contribution in [0.5, 0.6) is 0 Å². The van der Waals surface area contributed by atoms with Crippen LogP contribution in [0.15, 0.2) is 95.0 Å². The van der Waals surface area contributed by atoms with Gasteiger partial charge in [0.05, 0.1) is 0 Å². The van der Waals surface area contributed by atoms with Crippen LogP contribution in [0.3, 0.4) is 0 Å². The summed E-state index contributed by atoms with van der Waals surface area (Å²) in [7, 11) is 0. The quantitative estimate of drug-likeness (QED) is 0.418. The Morgan fingerprint density at radius 1 is 0.667 bits per heavy atom. The minimum absolute atomic E-state index is 1.10. The Balaban J connectivity index is 1.61. The van der Waals surface area contributed by atoms with E-state index < -0.39 is 0 Å². The molecule has 150 valence electrons. The van der Waals surface area contributed by atoms with E-state index in [1.807, 2.05) is 23.5 Å². The van der Waals surface area contributed by atoms with E-state index in [0.29, 0.717) is 0 Å². The smallest absolute Gasteiger partial charge is 0.0449 e. The summed E-state index contributed by atoms with van der Waals surface area (Å²) >= 11 is 3.93. The fourth-order valence-corrected chi connectivity index (χ4v) is 6.18. The molecule has 0 saturated carbocycles. The monoisotopic (exact) mass is 427 g/mol. The topological polar surface area (TPSA) is 3.24 Å². The largest absolute Gasteiger partial charge is 0.323 e. The third-order valence-corrected chi connectivity index (χ3v) is 7.80. The molecule has 0 radical (unpaired) electrons. The average molecular weight is 428 g/mol. The van der Waals surface area contributed by atoms with Crippen molar-refractivity contribution in [3.63, 3.8) is 0 Å². The molecular formula is C27H25NS2. The SMILES string of the molecule is Cc1ccc(N(/C=C2/CCSc3ccccc32)/C=C2\CCSc3ccccc32)cc1. The maximum absolute atomic E-state index is 2.36. The number of nitrogens with zero attached hydrogens (tertiary/aromatic N) is 1. The summed E-state index contributed by atoms with van der Waals surface area (Å²) in [5.41, 5.74) is 8.10. The van der Waals surface area contributed by atoms with Crippen molar-refractivity contribution in [2.24, 2.45) is 0 Å². The second-order valence-corrected chi connectivity index (χ2v) is 10.0. The van der Waals surface area contributed by atoms with Crippen molar-refractivity contribution >= 4 is 40.4 Å². The molecule has 5 rings (SSSR count). The molecule has 3 aromatic carbocycles. The van der Waals surface area contributed by atoms with Gasteiger partial charge in [-0.3, -0.25) is 0 Å². The first-order valence-corrected chi connectivity index (χ1v) is 12.5. The summed E-state index contributed by atoms with van der Waals surface area (Å²) < 4.78 is 0. The first kappa shape index (κ1) is 19.6. The Hall–Kier alpha value is -2.36. The van der Waals surface area contributed by atoms with E-state index in [-0.39, 0.29) is 0 Å². The standard InChI is InChI=1S/C27H25NS2/c1-20-10-12-23(13-11-20)28(18-21-14-16-29-26-8-4-2-6-24(21)26)19-22-15-17-30-27-9-5-3-7-25(22)27/h2-13,18-19H,14-17H2,1H3/b21-18-,22-19+. The molecule has 0 atom stereocenters. The molecule has 2 heterocycles. The Kier molecular flexibility index (Phi) is 5.74. The van der Waals surface area contributed by atoms with Gasteiger partial charge in [-0.15, -0.1) is 23.5 Å². The van der Waals surface area contributed by atoms with Gasteiger partial charge in [-0.25, -0.2) is 0 Å². The molecule has 1 nitrogen and oxygen atoms in total. The molecule has 3 heteroatoms. The van der Waals surface area contributed by atoms with Crippen molar-refractivity contribution in [1.82, 2.24) is 0 Å². The summed E-state index contributed by atoms with van der Waals surface area (Å²) in [6.07, 6.45) is 6.92. The van der Waals surface area contributed by atoms with E-state index in [1.54, 1.807) is 0 Å². The molecule has 0 N–H and O–H groups in total. The summed E-state index contributed by atoms with van der Waals surface area (Å²) in [5.74, 6) is 2.28. The van der Waals surface area contributed by atoms with Crippen LogP contribution in [0.1, 0.15) is 29.5 Å². The van der Waals surface area contributed by atoms with Gasteiger partial charge < -0.3 is 4.90 Å². The third-order valence-electron chi connectivity index (χ3n) is 5.65. The highest BCUT2D eigenvalue weighted by molar-refractivity contribution is 7.99. The number of aryl methyl sites for hydroxylation is 1. The average Bonchev–Trinajstić information content (AvgIpc) is 2.80. The predicted octanol–water partition coefficient (Wildman–Crippen LogP) is 7.88. The number of anilines is 1. The summed E-state index contributed by atoms with van der Waals surface area (Å²) in [6.45, 7) is 2.15. The number of rotatable bonds is 3. The highest BCUT2D eigenvalue weighted by atomic mass is 32.2. The van der Waals surface area contributed by atoms with Gasteiger partial charge in [-0.2, -0.15) is 0 Å². The molecule has 3 aromatic rings. The van der Waals surface area contributed by atoms with Crippen molar-refractivity contribution in [1.29, 1.82) is 0 Å². The van der Waals surface area contributed by atoms with Crippen molar-refractivity contribution in [2.45, 2.75) is 29.6 Å². The predicted molar refractivity (Wildman–Crippen MR) is 133 cm³/mol. The molecule has 0 aromatic heterocycles. The van der Waals surface area contributed by atoms with Crippen LogP contribution in [-0.2, 0) is 0 Å². The summed E-state index contributed by atoms with van der Waals surface area (Å²) in [4.78, 5) is 5.14. The fraction of sp³-hybridized carbons (Fsp3) is 0.185. The lowest BCUT2D eigenvalue weighted by atomic mass is 10.0. The maximum atomic E-state index is 2.36. The second kappa shape index (κ2) is 8.79. The Labute approximate surface area is 187 Å². The van der Waals surface area contributed by atoms with Gasteiger partial charge in [-0.05, 0) is 66.3 Å². The normalized spacial score (nSPS) is 18.2. The van der Waals surface area contributed by atoms with Crippen molar-refractivity contribution in [2.75, 3.05) is 16.4 Å². The molecule has 0 fully saturated rings. The molecule has 0 saturated heterocycles. The zero-order valence-corrected chi connectivity index (χ0v) is 18.8. The molecule has 2 aliphatic rings. The van der Waals surface area contributed by atoms with Crippen LogP contribution in [0.4, 0.5) is 5.69 Å². The fourth-order valence-electron chi connectivity index (χ4n) is 4.03. The van der Waals surface area contributed by atoms with Gasteiger partial charge in [0.2, 0.25) is 0 Å². The first-order chi connectivity index (χ1) is 14.8. The number of hydrogen-bond donors (Lipinski definition) is 0. The highest BCUT2D eigenvalue weighted by Crippen LogP contribution is 2.39. The van der Waals surface area contributed by atoms with E-state index in [1.165, 1.54) is 43.3 Å². The molecule has 30 heavy (non-hydrogen) atoms. The van der Waals surface area contributed by atoms with Crippen molar-refractivity contribution in [3.05, 3.63) is 102 Å². The Morgan fingerprint density at radius 2 is 1.17 bits per heavy atom. The van der Waals surface area contributed by atoms with Gasteiger partial charge in [0.25, 0.3) is 0 Å². The number of benzene rings is 3. The van der Waals surface area contributed by atoms with Gasteiger partial charge in [0, 0.05) is 39.4 Å². The van der Waals surface area contributed by atoms with Crippen LogP contribution in [-0.4, -0.2) is 11.5 Å². The third kappa shape index (κ3) is 4.10. The molecule has 2 aliphatic heterocycles. The van der Waals surface area contributed by atoms with E-state index in [0.717, 1.165) is 24.3 Å². The van der Waals surface area contributed by atoms with Crippen molar-refractivity contribution < 1.29 is 0 Å². The zero-order valence-electron chi connectivity index (χ0n) is 17.2. The minimum atomic E-state index is 1.10. The van der Waals surface area contributed by atoms with Crippen LogP contribution < -0.4 is 4.90 Å². The Morgan fingerprint density at radius 3 is 1.70 bits per heavy atom. The number of thioether (sulfide) groups is 2. The van der Waals surface area contributed by atoms with E-state index >= 15 is 0 Å². The van der Waals surface area contributed by atoms with E-state index in [2.05, 4.69) is 97.0 Å². The van der Waals surface area contributed by atoms with Gasteiger partial charge in [-0.1, -0.05) is 54.1 Å². The van der Waals surface area contributed by atoms with Crippen LogP contribution in [0, 0.1) is 6.92 Å². The molecular weight excluding hydrogens is 402 g/mol. The molecule has 0 unspecified atom stereocenters. The second-order valence-electron chi connectivity index (χ2n) is 7.74. The Bertz CT molecular complexity index is 1040. The van der Waals surface area contributed by atoms with E-state index in [9.17, 15) is 0 Å². The maximum Gasteiger partial charge on any atom is 0.0449 e. The molecule has 0 spiro atoms. The lowest BCUT2D eigenvalue weighted by Gasteiger charge is -2.25. The van der Waals surface area contributed by atoms with Crippen molar-refractivity contribution in [3.8, 4) is 0 Å². The lowest BCUT2D eigenvalue weighted by Crippen LogP contribution is -2.12. The first-order valence-electron chi connectivity index (χ1n) is 10.5. The zero-order chi connectivity index (χ0) is 20.3. The lowest BCUT2D eigenvalue weighted by molar-refractivity contribution is 1.14. The van der Waals surface area contributed by atoms with Gasteiger partial charge in [0.1, 0.15) is 0 Å². The van der Waals surface area contributed by atoms with Gasteiger partial charge >= 0.3 is 0 Å². The molecule has 0 bridgehead atoms.